The van der Waals surface area contributed by atoms with E-state index in [0.717, 1.165) is 47.7 Å². The quantitative estimate of drug-likeness (QED) is 0.617. The zero-order valence-corrected chi connectivity index (χ0v) is 19.2. The van der Waals surface area contributed by atoms with Crippen LogP contribution in [0.25, 0.3) is 11.3 Å². The number of fused-ring (bicyclic) bond motifs is 1. The second-order valence-corrected chi connectivity index (χ2v) is 10.7. The molecular weight excluding hydrogens is 406 g/mol. The van der Waals surface area contributed by atoms with Gasteiger partial charge in [-0.1, -0.05) is 24.3 Å². The Labute approximate surface area is 185 Å². The lowest BCUT2D eigenvalue weighted by Gasteiger charge is -2.30. The molecule has 0 amide bonds. The fraction of sp³-hybridized carbons (Fsp3) is 0.320. The van der Waals surface area contributed by atoms with Gasteiger partial charge in [-0.15, -0.1) is 0 Å². The van der Waals surface area contributed by atoms with Gasteiger partial charge in [0.15, 0.2) is 0 Å². The van der Waals surface area contributed by atoms with E-state index in [1.54, 1.807) is 0 Å². The Bertz CT molecular complexity index is 1190. The number of pyridine rings is 1. The normalized spacial score (nSPS) is 14.3. The van der Waals surface area contributed by atoms with Crippen molar-refractivity contribution in [3.8, 4) is 11.3 Å². The smallest absolute Gasteiger partial charge is 0.148 e. The van der Waals surface area contributed by atoms with Crippen LogP contribution in [-0.2, 0) is 22.8 Å². The van der Waals surface area contributed by atoms with Crippen molar-refractivity contribution in [3.63, 3.8) is 0 Å². The van der Waals surface area contributed by atoms with Crippen LogP contribution < -0.4 is 5.32 Å². The number of aryl methyl sites for hydroxylation is 2. The van der Waals surface area contributed by atoms with Crippen LogP contribution in [0.15, 0.2) is 54.7 Å². The number of nitrogens with zero attached hydrogens (tertiary/aromatic N) is 2. The lowest BCUT2D eigenvalue weighted by Crippen LogP contribution is -2.34. The lowest BCUT2D eigenvalue weighted by atomic mass is 9.97. The van der Waals surface area contributed by atoms with Gasteiger partial charge in [0.2, 0.25) is 0 Å². The van der Waals surface area contributed by atoms with Gasteiger partial charge in [0.1, 0.15) is 9.84 Å². The van der Waals surface area contributed by atoms with Crippen LogP contribution in [0.2, 0.25) is 0 Å². The minimum atomic E-state index is -2.94. The van der Waals surface area contributed by atoms with Crippen LogP contribution in [0.5, 0.6) is 0 Å². The molecule has 1 aliphatic heterocycles. The molecule has 31 heavy (non-hydrogen) atoms. The predicted molar refractivity (Wildman–Crippen MR) is 128 cm³/mol. The zero-order valence-electron chi connectivity index (χ0n) is 18.4. The third-order valence-electron chi connectivity index (χ3n) is 5.83. The summed E-state index contributed by atoms with van der Waals surface area (Å²) >= 11 is 0. The van der Waals surface area contributed by atoms with Crippen LogP contribution in [0.3, 0.4) is 0 Å². The van der Waals surface area contributed by atoms with Crippen molar-refractivity contribution in [2.45, 2.75) is 26.8 Å². The first-order valence-electron chi connectivity index (χ1n) is 10.6. The first kappa shape index (κ1) is 21.5. The van der Waals surface area contributed by atoms with Gasteiger partial charge in [-0.05, 0) is 66.8 Å². The predicted octanol–water partition coefficient (Wildman–Crippen LogP) is 4.51. The van der Waals surface area contributed by atoms with Crippen molar-refractivity contribution in [1.29, 1.82) is 0 Å². The average molecular weight is 436 g/mol. The molecule has 162 valence electrons. The molecule has 0 fully saturated rings. The maximum absolute atomic E-state index is 11.5. The van der Waals surface area contributed by atoms with E-state index in [1.165, 1.54) is 22.9 Å². The molecule has 1 aliphatic rings. The fourth-order valence-corrected chi connectivity index (χ4v) is 4.62. The van der Waals surface area contributed by atoms with Gasteiger partial charge in [0.25, 0.3) is 0 Å². The van der Waals surface area contributed by atoms with Crippen LogP contribution in [0.4, 0.5) is 11.4 Å². The molecule has 4 rings (SSSR count). The minimum Gasteiger partial charge on any atom is -0.355 e. The summed E-state index contributed by atoms with van der Waals surface area (Å²) in [5.41, 5.74) is 9.18. The SMILES string of the molecule is Cc1ccc(-c2cc(Nc3cccc4c3CCN(CCS(C)(=O)=O)C4)ccc2C)nc1. The molecule has 5 nitrogen and oxygen atoms in total. The van der Waals surface area contributed by atoms with E-state index in [1.807, 2.05) is 13.1 Å². The average Bonchev–Trinajstić information content (AvgIpc) is 2.74. The van der Waals surface area contributed by atoms with E-state index in [0.29, 0.717) is 6.54 Å². The molecule has 2 heterocycles. The van der Waals surface area contributed by atoms with E-state index in [2.05, 4.69) is 70.7 Å². The molecule has 0 saturated carbocycles. The summed E-state index contributed by atoms with van der Waals surface area (Å²) in [7, 11) is -2.94. The third-order valence-corrected chi connectivity index (χ3v) is 6.75. The topological polar surface area (TPSA) is 62.3 Å². The van der Waals surface area contributed by atoms with Crippen LogP contribution in [-0.4, -0.2) is 43.4 Å². The second kappa shape index (κ2) is 8.81. The maximum atomic E-state index is 11.5. The summed E-state index contributed by atoms with van der Waals surface area (Å²) in [6.07, 6.45) is 4.10. The van der Waals surface area contributed by atoms with Gasteiger partial charge >= 0.3 is 0 Å². The number of aromatic nitrogens is 1. The zero-order chi connectivity index (χ0) is 22.0. The summed E-state index contributed by atoms with van der Waals surface area (Å²) in [5, 5.41) is 3.61. The van der Waals surface area contributed by atoms with Crippen molar-refractivity contribution >= 4 is 21.2 Å². The molecule has 0 atom stereocenters. The number of anilines is 2. The van der Waals surface area contributed by atoms with E-state index < -0.39 is 9.84 Å². The lowest BCUT2D eigenvalue weighted by molar-refractivity contribution is 0.269. The Morgan fingerprint density at radius 2 is 1.94 bits per heavy atom. The standard InChI is InChI=1S/C25H29N3O2S/c1-18-7-10-24(26-16-18)23-15-21(9-8-19(23)2)27-25-6-4-5-20-17-28(12-11-22(20)25)13-14-31(3,29)30/h4-10,15-16,27H,11-14,17H2,1-3H3. The molecule has 0 aliphatic carbocycles. The molecule has 3 aromatic rings. The van der Waals surface area contributed by atoms with E-state index in [4.69, 9.17) is 0 Å². The Balaban J connectivity index is 1.55. The van der Waals surface area contributed by atoms with Crippen molar-refractivity contribution in [2.24, 2.45) is 0 Å². The van der Waals surface area contributed by atoms with Gasteiger partial charge in [0.05, 0.1) is 11.4 Å². The second-order valence-electron chi connectivity index (χ2n) is 8.47. The molecule has 0 unspecified atom stereocenters. The highest BCUT2D eigenvalue weighted by atomic mass is 32.2. The van der Waals surface area contributed by atoms with Gasteiger partial charge in [-0.25, -0.2) is 8.42 Å². The van der Waals surface area contributed by atoms with E-state index >= 15 is 0 Å². The molecule has 6 heteroatoms. The largest absolute Gasteiger partial charge is 0.355 e. The fourth-order valence-electron chi connectivity index (χ4n) is 4.03. The minimum absolute atomic E-state index is 0.208. The summed E-state index contributed by atoms with van der Waals surface area (Å²) < 4.78 is 23.0. The maximum Gasteiger partial charge on any atom is 0.148 e. The Morgan fingerprint density at radius 1 is 1.10 bits per heavy atom. The van der Waals surface area contributed by atoms with E-state index in [9.17, 15) is 8.42 Å². The Morgan fingerprint density at radius 3 is 2.68 bits per heavy atom. The van der Waals surface area contributed by atoms with Gasteiger partial charge in [-0.3, -0.25) is 9.88 Å². The van der Waals surface area contributed by atoms with E-state index in [-0.39, 0.29) is 5.75 Å². The summed E-state index contributed by atoms with van der Waals surface area (Å²) in [6.45, 7) is 6.39. The summed E-state index contributed by atoms with van der Waals surface area (Å²) in [6, 6.07) is 16.9. The first-order chi connectivity index (χ1) is 14.8. The molecule has 1 N–H and O–H groups in total. The van der Waals surface area contributed by atoms with Gasteiger partial charge < -0.3 is 5.32 Å². The third kappa shape index (κ3) is 5.32. The molecule has 0 spiro atoms. The highest BCUT2D eigenvalue weighted by Crippen LogP contribution is 2.31. The Kier molecular flexibility index (Phi) is 6.12. The molecule has 0 radical (unpaired) electrons. The van der Waals surface area contributed by atoms with Crippen LogP contribution in [0, 0.1) is 13.8 Å². The number of sulfone groups is 1. The van der Waals surface area contributed by atoms with Crippen molar-refractivity contribution in [2.75, 3.05) is 30.4 Å². The summed E-state index contributed by atoms with van der Waals surface area (Å²) in [5.74, 6) is 0.208. The van der Waals surface area contributed by atoms with Gasteiger partial charge in [-0.2, -0.15) is 0 Å². The molecule has 0 bridgehead atoms. The number of benzene rings is 2. The van der Waals surface area contributed by atoms with Crippen molar-refractivity contribution in [3.05, 3.63) is 77.0 Å². The molecule has 0 saturated heterocycles. The number of nitrogens with one attached hydrogen (secondary N) is 1. The number of hydrogen-bond acceptors (Lipinski definition) is 5. The van der Waals surface area contributed by atoms with Crippen LogP contribution in [0.1, 0.15) is 22.3 Å². The molecule has 1 aromatic heterocycles. The van der Waals surface area contributed by atoms with Crippen molar-refractivity contribution in [1.82, 2.24) is 9.88 Å². The monoisotopic (exact) mass is 435 g/mol. The highest BCUT2D eigenvalue weighted by molar-refractivity contribution is 7.90. The van der Waals surface area contributed by atoms with Crippen molar-refractivity contribution < 1.29 is 8.42 Å². The summed E-state index contributed by atoms with van der Waals surface area (Å²) in [4.78, 5) is 6.82. The molecule has 2 aromatic carbocycles. The van der Waals surface area contributed by atoms with Crippen LogP contribution >= 0.6 is 0 Å². The number of hydrogen-bond donors (Lipinski definition) is 1. The van der Waals surface area contributed by atoms with Gasteiger partial charge in [0, 0.05) is 49.0 Å². The first-order valence-corrected chi connectivity index (χ1v) is 12.7. The number of rotatable bonds is 6. The molecular formula is C25H29N3O2S. The highest BCUT2D eigenvalue weighted by Gasteiger charge is 2.20. The Hall–Kier alpha value is -2.70.